The van der Waals surface area contributed by atoms with Crippen LogP contribution >= 0.6 is 0 Å². The molecular formula is C10H15N3O3. The van der Waals surface area contributed by atoms with Crippen LogP contribution in [-0.2, 0) is 14.4 Å². The first kappa shape index (κ1) is 11.1. The highest BCUT2D eigenvalue weighted by Crippen LogP contribution is 2.27. The standard InChI is InChI=1S/C10H15N3O3/c1-10(2-3-11-6-10)9(16)13-4-7(14)12-8(15)5-13/h11H,2-6H2,1H3,(H,12,14,15). The summed E-state index contributed by atoms with van der Waals surface area (Å²) in [6.45, 7) is 3.25. The maximum atomic E-state index is 12.2. The van der Waals surface area contributed by atoms with Gasteiger partial charge in [0, 0.05) is 6.54 Å². The van der Waals surface area contributed by atoms with Crippen LogP contribution in [0.25, 0.3) is 0 Å². The van der Waals surface area contributed by atoms with E-state index in [9.17, 15) is 14.4 Å². The molecule has 0 aliphatic carbocycles. The summed E-state index contributed by atoms with van der Waals surface area (Å²) in [7, 11) is 0. The minimum Gasteiger partial charge on any atom is -0.324 e. The van der Waals surface area contributed by atoms with Crippen molar-refractivity contribution < 1.29 is 14.4 Å². The van der Waals surface area contributed by atoms with Gasteiger partial charge in [0.05, 0.1) is 5.41 Å². The van der Waals surface area contributed by atoms with Crippen LogP contribution < -0.4 is 10.6 Å². The van der Waals surface area contributed by atoms with Crippen LogP contribution in [0, 0.1) is 5.41 Å². The van der Waals surface area contributed by atoms with Gasteiger partial charge in [-0.2, -0.15) is 0 Å². The summed E-state index contributed by atoms with van der Waals surface area (Å²) < 4.78 is 0. The van der Waals surface area contributed by atoms with Crippen molar-refractivity contribution in [3.63, 3.8) is 0 Å². The molecule has 3 amide bonds. The second-order valence-electron chi connectivity index (χ2n) is 4.62. The molecule has 6 heteroatoms. The molecule has 6 nitrogen and oxygen atoms in total. The van der Waals surface area contributed by atoms with Crippen LogP contribution in [0.2, 0.25) is 0 Å². The minimum absolute atomic E-state index is 0.0137. The van der Waals surface area contributed by atoms with Gasteiger partial charge in [-0.3, -0.25) is 19.7 Å². The van der Waals surface area contributed by atoms with Crippen molar-refractivity contribution >= 4 is 17.7 Å². The topological polar surface area (TPSA) is 78.5 Å². The van der Waals surface area contributed by atoms with Crippen LogP contribution in [0.3, 0.4) is 0 Å². The van der Waals surface area contributed by atoms with E-state index in [2.05, 4.69) is 10.6 Å². The van der Waals surface area contributed by atoms with Gasteiger partial charge in [0.1, 0.15) is 13.1 Å². The molecular weight excluding hydrogens is 210 g/mol. The normalized spacial score (nSPS) is 30.4. The van der Waals surface area contributed by atoms with Crippen molar-refractivity contribution in [1.82, 2.24) is 15.5 Å². The first-order valence-electron chi connectivity index (χ1n) is 5.34. The molecule has 16 heavy (non-hydrogen) atoms. The van der Waals surface area contributed by atoms with E-state index in [1.807, 2.05) is 6.92 Å². The van der Waals surface area contributed by atoms with E-state index in [0.29, 0.717) is 6.54 Å². The number of piperazine rings is 1. The Morgan fingerprint density at radius 2 is 1.94 bits per heavy atom. The molecule has 1 unspecified atom stereocenters. The molecule has 2 saturated heterocycles. The lowest BCUT2D eigenvalue weighted by molar-refractivity contribution is -0.150. The monoisotopic (exact) mass is 225 g/mol. The Balaban J connectivity index is 2.09. The summed E-state index contributed by atoms with van der Waals surface area (Å²) in [4.78, 5) is 35.8. The largest absolute Gasteiger partial charge is 0.324 e. The number of amides is 3. The van der Waals surface area contributed by atoms with E-state index < -0.39 is 17.2 Å². The van der Waals surface area contributed by atoms with Gasteiger partial charge in [-0.05, 0) is 19.9 Å². The summed E-state index contributed by atoms with van der Waals surface area (Å²) in [5, 5.41) is 5.30. The first-order valence-corrected chi connectivity index (χ1v) is 5.34. The van der Waals surface area contributed by atoms with E-state index >= 15 is 0 Å². The molecule has 2 N–H and O–H groups in total. The van der Waals surface area contributed by atoms with Gasteiger partial charge in [-0.25, -0.2) is 0 Å². The van der Waals surface area contributed by atoms with Gasteiger partial charge in [-0.15, -0.1) is 0 Å². The fraction of sp³-hybridized carbons (Fsp3) is 0.700. The average Bonchev–Trinajstić information content (AvgIpc) is 2.64. The van der Waals surface area contributed by atoms with E-state index in [1.54, 1.807) is 0 Å². The number of nitrogens with one attached hydrogen (secondary N) is 2. The van der Waals surface area contributed by atoms with Crippen molar-refractivity contribution in [2.24, 2.45) is 5.41 Å². The highest BCUT2D eigenvalue weighted by Gasteiger charge is 2.41. The van der Waals surface area contributed by atoms with Crippen molar-refractivity contribution in [2.45, 2.75) is 13.3 Å². The van der Waals surface area contributed by atoms with Gasteiger partial charge < -0.3 is 10.2 Å². The number of imide groups is 1. The third kappa shape index (κ3) is 1.92. The lowest BCUT2D eigenvalue weighted by Gasteiger charge is -2.32. The zero-order valence-corrected chi connectivity index (χ0v) is 9.21. The molecule has 0 spiro atoms. The number of rotatable bonds is 1. The molecule has 0 aromatic carbocycles. The molecule has 0 aromatic rings. The Bertz CT molecular complexity index is 331. The predicted octanol–water partition coefficient (Wildman–Crippen LogP) is -1.53. The van der Waals surface area contributed by atoms with E-state index in [-0.39, 0.29) is 19.0 Å². The predicted molar refractivity (Wildman–Crippen MR) is 55.3 cm³/mol. The molecule has 2 heterocycles. The summed E-state index contributed by atoms with van der Waals surface area (Å²) >= 11 is 0. The third-order valence-corrected chi connectivity index (χ3v) is 3.12. The molecule has 2 aliphatic rings. The van der Waals surface area contributed by atoms with E-state index in [0.717, 1.165) is 13.0 Å². The van der Waals surface area contributed by atoms with Gasteiger partial charge in [0.15, 0.2) is 0 Å². The van der Waals surface area contributed by atoms with Gasteiger partial charge in [-0.1, -0.05) is 0 Å². The van der Waals surface area contributed by atoms with Crippen molar-refractivity contribution in [3.8, 4) is 0 Å². The maximum absolute atomic E-state index is 12.2. The third-order valence-electron chi connectivity index (χ3n) is 3.12. The van der Waals surface area contributed by atoms with Gasteiger partial charge in [0.25, 0.3) is 0 Å². The lowest BCUT2D eigenvalue weighted by atomic mass is 9.88. The highest BCUT2D eigenvalue weighted by molar-refractivity contribution is 6.03. The molecule has 0 saturated carbocycles. The Morgan fingerprint density at radius 3 is 2.44 bits per heavy atom. The van der Waals surface area contributed by atoms with Crippen molar-refractivity contribution in [2.75, 3.05) is 26.2 Å². The second-order valence-corrected chi connectivity index (χ2v) is 4.62. The summed E-state index contributed by atoms with van der Waals surface area (Å²) in [5.41, 5.74) is -0.474. The van der Waals surface area contributed by atoms with Crippen LogP contribution in [0.1, 0.15) is 13.3 Å². The highest BCUT2D eigenvalue weighted by atomic mass is 16.2. The lowest BCUT2D eigenvalue weighted by Crippen LogP contribution is -2.56. The molecule has 0 bridgehead atoms. The molecule has 2 fully saturated rings. The number of carbonyl (C=O) groups is 3. The van der Waals surface area contributed by atoms with Crippen LogP contribution in [0.4, 0.5) is 0 Å². The minimum atomic E-state index is -0.474. The molecule has 1 atom stereocenters. The Kier molecular flexibility index (Phi) is 2.67. The molecule has 88 valence electrons. The average molecular weight is 225 g/mol. The number of carbonyl (C=O) groups excluding carboxylic acids is 3. The quantitative estimate of drug-likeness (QED) is 0.531. The van der Waals surface area contributed by atoms with Crippen LogP contribution in [-0.4, -0.2) is 48.8 Å². The fourth-order valence-corrected chi connectivity index (χ4v) is 2.16. The SMILES string of the molecule is CC1(C(=O)N2CC(=O)NC(=O)C2)CCNC1. The zero-order valence-electron chi connectivity index (χ0n) is 9.21. The zero-order chi connectivity index (χ0) is 11.8. The number of hydrogen-bond donors (Lipinski definition) is 2. The van der Waals surface area contributed by atoms with E-state index in [1.165, 1.54) is 4.90 Å². The maximum Gasteiger partial charge on any atom is 0.246 e. The fourth-order valence-electron chi connectivity index (χ4n) is 2.16. The van der Waals surface area contributed by atoms with Crippen LogP contribution in [0.15, 0.2) is 0 Å². The molecule has 0 aromatic heterocycles. The Labute approximate surface area is 93.4 Å². The summed E-state index contributed by atoms with van der Waals surface area (Å²) in [6, 6.07) is 0. The summed E-state index contributed by atoms with van der Waals surface area (Å²) in [5.74, 6) is -0.918. The molecule has 2 rings (SSSR count). The number of nitrogens with zero attached hydrogens (tertiary/aromatic N) is 1. The second kappa shape index (κ2) is 3.86. The number of hydrogen-bond acceptors (Lipinski definition) is 4. The molecule has 0 radical (unpaired) electrons. The van der Waals surface area contributed by atoms with Crippen molar-refractivity contribution in [3.05, 3.63) is 0 Å². The first-order chi connectivity index (χ1) is 7.51. The van der Waals surface area contributed by atoms with Crippen LogP contribution in [0.5, 0.6) is 0 Å². The van der Waals surface area contributed by atoms with Crippen molar-refractivity contribution in [1.29, 1.82) is 0 Å². The van der Waals surface area contributed by atoms with Gasteiger partial charge in [0.2, 0.25) is 17.7 Å². The van der Waals surface area contributed by atoms with Gasteiger partial charge >= 0.3 is 0 Å². The van der Waals surface area contributed by atoms with E-state index in [4.69, 9.17) is 0 Å². The molecule has 2 aliphatic heterocycles. The summed E-state index contributed by atoms with van der Waals surface area (Å²) in [6.07, 6.45) is 0.748. The Morgan fingerprint density at radius 1 is 1.31 bits per heavy atom. The smallest absolute Gasteiger partial charge is 0.246 e. The Hall–Kier alpha value is -1.43.